The third-order valence-corrected chi connectivity index (χ3v) is 3.41. The van der Waals surface area contributed by atoms with Gasteiger partial charge in [0.05, 0.1) is 12.5 Å². The summed E-state index contributed by atoms with van der Waals surface area (Å²) in [5.74, 6) is -0.586. The zero-order valence-electron chi connectivity index (χ0n) is 11.4. The predicted octanol–water partition coefficient (Wildman–Crippen LogP) is 2.71. The van der Waals surface area contributed by atoms with E-state index < -0.39 is 5.82 Å². The van der Waals surface area contributed by atoms with Crippen LogP contribution in [0, 0.1) is 11.7 Å². The van der Waals surface area contributed by atoms with E-state index in [2.05, 4.69) is 5.32 Å². The Morgan fingerprint density at radius 3 is 2.80 bits per heavy atom. The molecule has 4 nitrogen and oxygen atoms in total. The highest BCUT2D eigenvalue weighted by Crippen LogP contribution is 2.26. The van der Waals surface area contributed by atoms with Crippen molar-refractivity contribution in [3.63, 3.8) is 0 Å². The summed E-state index contributed by atoms with van der Waals surface area (Å²) in [6.07, 6.45) is 2.64. The summed E-state index contributed by atoms with van der Waals surface area (Å²) in [5.41, 5.74) is 6.31. The number of anilines is 1. The maximum absolute atomic E-state index is 13.6. The molecule has 0 bridgehead atoms. The van der Waals surface area contributed by atoms with E-state index in [9.17, 15) is 9.18 Å². The predicted molar refractivity (Wildman–Crippen MR) is 78.8 cm³/mol. The van der Waals surface area contributed by atoms with E-state index in [4.69, 9.17) is 10.5 Å². The number of benzene rings is 1. The van der Waals surface area contributed by atoms with E-state index in [0.717, 1.165) is 19.3 Å². The smallest absolute Gasteiger partial charge is 0.229 e. The summed E-state index contributed by atoms with van der Waals surface area (Å²) in [4.78, 5) is 12.0. The number of carbonyl (C=O) groups excluding carboxylic acids is 1. The normalized spacial score (nSPS) is 21.1. The minimum atomic E-state index is -0.477. The number of halogens is 2. The molecule has 0 aliphatic heterocycles. The fourth-order valence-corrected chi connectivity index (χ4v) is 2.40. The second-order valence-corrected chi connectivity index (χ2v) is 4.77. The first kappa shape index (κ1) is 16.7. The third-order valence-electron chi connectivity index (χ3n) is 3.41. The summed E-state index contributed by atoms with van der Waals surface area (Å²) in [6, 6.07) is 4.33. The van der Waals surface area contributed by atoms with E-state index in [-0.39, 0.29) is 36.0 Å². The van der Waals surface area contributed by atoms with E-state index in [1.165, 1.54) is 12.1 Å². The minimum Gasteiger partial charge on any atom is -0.491 e. The van der Waals surface area contributed by atoms with Crippen LogP contribution in [0.2, 0.25) is 0 Å². The molecular formula is C14H20ClFN2O2. The van der Waals surface area contributed by atoms with Gasteiger partial charge in [-0.3, -0.25) is 4.79 Å². The van der Waals surface area contributed by atoms with E-state index in [0.29, 0.717) is 12.3 Å². The van der Waals surface area contributed by atoms with Crippen LogP contribution in [0.5, 0.6) is 5.75 Å². The highest BCUT2D eigenvalue weighted by Gasteiger charge is 2.30. The fraction of sp³-hybridized carbons (Fsp3) is 0.500. The Balaban J connectivity index is 0.00000200. The molecule has 1 aromatic rings. The molecule has 3 N–H and O–H groups in total. The van der Waals surface area contributed by atoms with Crippen LogP contribution in [0.15, 0.2) is 18.2 Å². The number of ether oxygens (including phenoxy) is 1. The first-order valence-corrected chi connectivity index (χ1v) is 6.60. The largest absolute Gasteiger partial charge is 0.491 e. The number of nitrogens with one attached hydrogen (secondary N) is 1. The Kier molecular flexibility index (Phi) is 6.23. The highest BCUT2D eigenvalue weighted by atomic mass is 35.5. The molecule has 0 saturated heterocycles. The number of hydrogen-bond acceptors (Lipinski definition) is 3. The van der Waals surface area contributed by atoms with E-state index >= 15 is 0 Å². The molecule has 0 heterocycles. The van der Waals surface area contributed by atoms with Gasteiger partial charge in [-0.1, -0.05) is 6.42 Å². The monoisotopic (exact) mass is 302 g/mol. The van der Waals surface area contributed by atoms with Crippen LogP contribution in [0.1, 0.15) is 26.2 Å². The third kappa shape index (κ3) is 3.84. The molecule has 1 aliphatic carbocycles. The van der Waals surface area contributed by atoms with Gasteiger partial charge in [-0.25, -0.2) is 4.39 Å². The Labute approximate surface area is 124 Å². The summed E-state index contributed by atoms with van der Waals surface area (Å²) in [6.45, 7) is 2.19. The van der Waals surface area contributed by atoms with Gasteiger partial charge in [0, 0.05) is 17.8 Å². The second-order valence-electron chi connectivity index (χ2n) is 4.77. The van der Waals surface area contributed by atoms with Gasteiger partial charge in [0.2, 0.25) is 5.91 Å². The van der Waals surface area contributed by atoms with Crippen LogP contribution >= 0.6 is 12.4 Å². The Bertz CT molecular complexity index is 470. The molecule has 1 aromatic carbocycles. The molecular weight excluding hydrogens is 283 g/mol. The molecule has 0 aromatic heterocycles. The molecule has 2 atom stereocenters. The molecule has 1 fully saturated rings. The van der Waals surface area contributed by atoms with Crippen molar-refractivity contribution in [2.75, 3.05) is 11.9 Å². The Hall–Kier alpha value is -1.33. The van der Waals surface area contributed by atoms with Crippen LogP contribution < -0.4 is 15.8 Å². The molecule has 2 rings (SSSR count). The van der Waals surface area contributed by atoms with Gasteiger partial charge >= 0.3 is 0 Å². The molecule has 20 heavy (non-hydrogen) atoms. The number of hydrogen-bond donors (Lipinski definition) is 2. The van der Waals surface area contributed by atoms with Gasteiger partial charge < -0.3 is 15.8 Å². The lowest BCUT2D eigenvalue weighted by molar-refractivity contribution is -0.120. The van der Waals surface area contributed by atoms with Crippen molar-refractivity contribution in [1.29, 1.82) is 0 Å². The average Bonchev–Trinajstić information content (AvgIpc) is 2.79. The van der Waals surface area contributed by atoms with Gasteiger partial charge in [0.15, 0.2) is 11.6 Å². The lowest BCUT2D eigenvalue weighted by atomic mass is 10.0. The van der Waals surface area contributed by atoms with Crippen molar-refractivity contribution >= 4 is 24.0 Å². The van der Waals surface area contributed by atoms with Gasteiger partial charge in [-0.15, -0.1) is 12.4 Å². The van der Waals surface area contributed by atoms with Crippen molar-refractivity contribution < 1.29 is 13.9 Å². The molecule has 2 unspecified atom stereocenters. The number of carbonyl (C=O) groups is 1. The van der Waals surface area contributed by atoms with E-state index in [1.54, 1.807) is 13.0 Å². The molecule has 6 heteroatoms. The van der Waals surface area contributed by atoms with Crippen LogP contribution in [0.4, 0.5) is 10.1 Å². The van der Waals surface area contributed by atoms with Gasteiger partial charge in [0.1, 0.15) is 0 Å². The van der Waals surface area contributed by atoms with Crippen molar-refractivity contribution in [3.05, 3.63) is 24.0 Å². The Morgan fingerprint density at radius 2 is 2.25 bits per heavy atom. The molecule has 0 radical (unpaired) electrons. The molecule has 1 saturated carbocycles. The lowest BCUT2D eigenvalue weighted by Gasteiger charge is -2.15. The van der Waals surface area contributed by atoms with Gasteiger partial charge in [0.25, 0.3) is 0 Å². The first-order chi connectivity index (χ1) is 9.11. The van der Waals surface area contributed by atoms with Gasteiger partial charge in [-0.05, 0) is 31.9 Å². The zero-order valence-corrected chi connectivity index (χ0v) is 12.2. The summed E-state index contributed by atoms with van der Waals surface area (Å²) in [7, 11) is 0. The summed E-state index contributed by atoms with van der Waals surface area (Å²) >= 11 is 0. The molecule has 1 aliphatic rings. The number of amides is 1. The fourth-order valence-electron chi connectivity index (χ4n) is 2.40. The molecule has 1 amide bonds. The topological polar surface area (TPSA) is 64.3 Å². The van der Waals surface area contributed by atoms with Crippen molar-refractivity contribution in [1.82, 2.24) is 0 Å². The SMILES string of the molecule is CCOc1ccc(NC(=O)C2CCCC2N)cc1F.Cl. The van der Waals surface area contributed by atoms with Crippen LogP contribution in [-0.4, -0.2) is 18.6 Å². The second kappa shape index (κ2) is 7.45. The summed E-state index contributed by atoms with van der Waals surface area (Å²) in [5, 5.41) is 2.71. The first-order valence-electron chi connectivity index (χ1n) is 6.60. The lowest BCUT2D eigenvalue weighted by Crippen LogP contribution is -2.34. The summed E-state index contributed by atoms with van der Waals surface area (Å²) < 4.78 is 18.7. The quantitative estimate of drug-likeness (QED) is 0.899. The van der Waals surface area contributed by atoms with Crippen molar-refractivity contribution in [2.24, 2.45) is 11.7 Å². The maximum Gasteiger partial charge on any atom is 0.229 e. The molecule has 0 spiro atoms. The van der Waals surface area contributed by atoms with Crippen molar-refractivity contribution in [3.8, 4) is 5.75 Å². The number of rotatable bonds is 4. The van der Waals surface area contributed by atoms with Crippen LogP contribution in [0.3, 0.4) is 0 Å². The minimum absolute atomic E-state index is 0. The Morgan fingerprint density at radius 1 is 1.50 bits per heavy atom. The van der Waals surface area contributed by atoms with Crippen LogP contribution in [0.25, 0.3) is 0 Å². The zero-order chi connectivity index (χ0) is 13.8. The highest BCUT2D eigenvalue weighted by molar-refractivity contribution is 5.93. The molecule has 112 valence electrons. The van der Waals surface area contributed by atoms with Gasteiger partial charge in [-0.2, -0.15) is 0 Å². The maximum atomic E-state index is 13.6. The number of nitrogens with two attached hydrogens (primary N) is 1. The standard InChI is InChI=1S/C14H19FN2O2.ClH/c1-2-19-13-7-6-9(8-11(13)15)17-14(18)10-4-3-5-12(10)16;/h6-8,10,12H,2-5,16H2,1H3,(H,17,18);1H. The van der Waals surface area contributed by atoms with Crippen LogP contribution in [-0.2, 0) is 4.79 Å². The average molecular weight is 303 g/mol. The van der Waals surface area contributed by atoms with E-state index in [1.807, 2.05) is 0 Å². The van der Waals surface area contributed by atoms with Crippen molar-refractivity contribution in [2.45, 2.75) is 32.2 Å².